The summed E-state index contributed by atoms with van der Waals surface area (Å²) >= 11 is 7.99. The van der Waals surface area contributed by atoms with Crippen LogP contribution in [0.25, 0.3) is 0 Å². The molecule has 0 saturated heterocycles. The van der Waals surface area contributed by atoms with E-state index >= 15 is 0 Å². The molecule has 1 N–H and O–H groups in total. The van der Waals surface area contributed by atoms with E-state index in [9.17, 15) is 0 Å². The van der Waals surface area contributed by atoms with Crippen LogP contribution in [0.15, 0.2) is 29.2 Å². The summed E-state index contributed by atoms with van der Waals surface area (Å²) < 4.78 is 2.71. The Bertz CT molecular complexity index is 183. The van der Waals surface area contributed by atoms with Gasteiger partial charge in [0.05, 0.1) is 0 Å². The zero-order chi connectivity index (χ0) is 6.69. The predicted molar refractivity (Wildman–Crippen MR) is 46.3 cm³/mol. The van der Waals surface area contributed by atoms with Gasteiger partial charge in [0.1, 0.15) is 0 Å². The summed E-state index contributed by atoms with van der Waals surface area (Å²) in [6, 6.07) is 7.63. The van der Waals surface area contributed by atoms with Crippen molar-refractivity contribution in [3.63, 3.8) is 0 Å². The number of anilines is 1. The second-order valence-electron chi connectivity index (χ2n) is 1.66. The zero-order valence-corrected chi connectivity index (χ0v) is 6.49. The van der Waals surface area contributed by atoms with E-state index in [0.717, 1.165) is 10.6 Å². The Morgan fingerprint density at radius 1 is 1.11 bits per heavy atom. The first-order valence-corrected chi connectivity index (χ1v) is 3.41. The first-order valence-electron chi connectivity index (χ1n) is 2.52. The highest BCUT2D eigenvalue weighted by Crippen LogP contribution is 2.11. The molecule has 1 aromatic rings. The van der Waals surface area contributed by atoms with E-state index in [-0.39, 0.29) is 0 Å². The van der Waals surface area contributed by atoms with Gasteiger partial charge in [-0.25, -0.2) is 0 Å². The highest BCUT2D eigenvalue weighted by atomic mass is 32.1. The molecule has 3 heteroatoms. The monoisotopic (exact) mass is 157 g/mol. The van der Waals surface area contributed by atoms with E-state index < -0.39 is 0 Å². The van der Waals surface area contributed by atoms with Crippen LogP contribution in [0.2, 0.25) is 0 Å². The Hall–Kier alpha value is -0.280. The molecule has 0 aromatic heterocycles. The average molecular weight is 157 g/mol. The molecule has 0 radical (unpaired) electrons. The molecule has 0 saturated carbocycles. The van der Waals surface area contributed by atoms with E-state index in [1.807, 2.05) is 24.3 Å². The fraction of sp³-hybridized carbons (Fsp3) is 0. The third-order valence-corrected chi connectivity index (χ3v) is 1.55. The molecule has 0 fully saturated rings. The van der Waals surface area contributed by atoms with Gasteiger partial charge in [0.2, 0.25) is 0 Å². The number of benzene rings is 1. The van der Waals surface area contributed by atoms with Crippen LogP contribution in [0.4, 0.5) is 5.69 Å². The molecule has 9 heavy (non-hydrogen) atoms. The van der Waals surface area contributed by atoms with Gasteiger partial charge in [0.15, 0.2) is 0 Å². The first kappa shape index (κ1) is 6.83. The molecule has 0 aliphatic carbocycles. The summed E-state index contributed by atoms with van der Waals surface area (Å²) in [5.41, 5.74) is 0.983. The minimum absolute atomic E-state index is 0.960. The van der Waals surface area contributed by atoms with Crippen molar-refractivity contribution >= 4 is 31.1 Å². The summed E-state index contributed by atoms with van der Waals surface area (Å²) in [6.45, 7) is 0. The SMILES string of the molecule is SNc1ccc(S)cc1. The van der Waals surface area contributed by atoms with Crippen LogP contribution < -0.4 is 4.72 Å². The van der Waals surface area contributed by atoms with E-state index in [2.05, 4.69) is 30.2 Å². The minimum atomic E-state index is 0.960. The van der Waals surface area contributed by atoms with Gasteiger partial charge in [-0.15, -0.1) is 12.6 Å². The Morgan fingerprint density at radius 2 is 1.67 bits per heavy atom. The Morgan fingerprint density at radius 3 is 2.11 bits per heavy atom. The van der Waals surface area contributed by atoms with Crippen molar-refractivity contribution in [3.05, 3.63) is 24.3 Å². The third-order valence-electron chi connectivity index (χ3n) is 0.996. The van der Waals surface area contributed by atoms with Crippen molar-refractivity contribution in [3.8, 4) is 0 Å². The molecule has 0 heterocycles. The van der Waals surface area contributed by atoms with Crippen LogP contribution in [0.5, 0.6) is 0 Å². The Balaban J connectivity index is 2.88. The summed E-state index contributed by atoms with van der Waals surface area (Å²) in [5.74, 6) is 0. The van der Waals surface area contributed by atoms with E-state index in [0.29, 0.717) is 0 Å². The molecule has 48 valence electrons. The molecule has 1 rings (SSSR count). The summed E-state index contributed by atoms with van der Waals surface area (Å²) in [7, 11) is 0. The molecule has 0 aliphatic heterocycles. The van der Waals surface area contributed by atoms with E-state index in [1.165, 1.54) is 0 Å². The van der Waals surface area contributed by atoms with Crippen LogP contribution in [-0.4, -0.2) is 0 Å². The van der Waals surface area contributed by atoms with E-state index in [1.54, 1.807) is 0 Å². The fourth-order valence-corrected chi connectivity index (χ4v) is 0.834. The van der Waals surface area contributed by atoms with Crippen molar-refractivity contribution in [2.45, 2.75) is 4.90 Å². The Kier molecular flexibility index (Phi) is 2.30. The van der Waals surface area contributed by atoms with Gasteiger partial charge in [0.25, 0.3) is 0 Å². The van der Waals surface area contributed by atoms with E-state index in [4.69, 9.17) is 0 Å². The smallest absolute Gasteiger partial charge is 0.0438 e. The van der Waals surface area contributed by atoms with Crippen molar-refractivity contribution in [2.75, 3.05) is 4.72 Å². The molecular weight excluding hydrogens is 150 g/mol. The lowest BCUT2D eigenvalue weighted by Gasteiger charge is -1.96. The normalized spacial score (nSPS) is 9.11. The predicted octanol–water partition coefficient (Wildman–Crippen LogP) is 2.23. The van der Waals surface area contributed by atoms with Crippen molar-refractivity contribution < 1.29 is 0 Å². The van der Waals surface area contributed by atoms with Crippen LogP contribution in [0.1, 0.15) is 0 Å². The molecule has 0 unspecified atom stereocenters. The summed E-state index contributed by atoms with van der Waals surface area (Å²) in [6.07, 6.45) is 0. The van der Waals surface area contributed by atoms with Gasteiger partial charge in [-0.1, -0.05) is 12.8 Å². The second-order valence-corrected chi connectivity index (χ2v) is 2.40. The minimum Gasteiger partial charge on any atom is -0.332 e. The maximum atomic E-state index is 4.12. The topological polar surface area (TPSA) is 12.0 Å². The van der Waals surface area contributed by atoms with Crippen molar-refractivity contribution in [1.82, 2.24) is 0 Å². The molecular formula is C6H7NS2. The largest absolute Gasteiger partial charge is 0.332 e. The number of rotatable bonds is 1. The molecule has 0 amide bonds. The number of hydrogen-bond donors (Lipinski definition) is 3. The lowest BCUT2D eigenvalue weighted by Crippen LogP contribution is -1.77. The Labute approximate surface area is 65.4 Å². The molecule has 0 bridgehead atoms. The van der Waals surface area contributed by atoms with Crippen LogP contribution in [-0.2, 0) is 0 Å². The maximum Gasteiger partial charge on any atom is 0.0438 e. The second kappa shape index (κ2) is 3.03. The quantitative estimate of drug-likeness (QED) is 0.531. The maximum absolute atomic E-state index is 4.12. The molecule has 1 aromatic carbocycles. The number of thiol groups is 2. The standard InChI is InChI=1S/C6H7NS2/c8-6-3-1-5(7-9)2-4-6/h1-4,7-9H. The molecule has 0 atom stereocenters. The molecule has 0 aliphatic rings. The van der Waals surface area contributed by atoms with Gasteiger partial charge in [-0.3, -0.25) is 0 Å². The fourth-order valence-electron chi connectivity index (χ4n) is 0.536. The first-order chi connectivity index (χ1) is 4.33. The summed E-state index contributed by atoms with van der Waals surface area (Å²) in [5, 5.41) is 0. The van der Waals surface area contributed by atoms with Gasteiger partial charge < -0.3 is 4.72 Å². The third kappa shape index (κ3) is 1.84. The average Bonchev–Trinajstić information content (AvgIpc) is 1.90. The van der Waals surface area contributed by atoms with Gasteiger partial charge in [0, 0.05) is 10.6 Å². The number of nitrogens with one attached hydrogen (secondary N) is 1. The van der Waals surface area contributed by atoms with Crippen molar-refractivity contribution in [1.29, 1.82) is 0 Å². The van der Waals surface area contributed by atoms with Crippen LogP contribution in [0.3, 0.4) is 0 Å². The van der Waals surface area contributed by atoms with Crippen molar-refractivity contribution in [2.24, 2.45) is 0 Å². The molecule has 0 spiro atoms. The highest BCUT2D eigenvalue weighted by Gasteiger charge is 1.84. The number of hydrogen-bond acceptors (Lipinski definition) is 3. The van der Waals surface area contributed by atoms with Gasteiger partial charge in [-0.2, -0.15) is 0 Å². The van der Waals surface area contributed by atoms with Gasteiger partial charge in [-0.05, 0) is 24.3 Å². The lowest BCUT2D eigenvalue weighted by atomic mass is 10.3. The summed E-state index contributed by atoms with van der Waals surface area (Å²) in [4.78, 5) is 0.960. The molecule has 1 nitrogen and oxygen atoms in total. The van der Waals surface area contributed by atoms with Crippen LogP contribution in [0, 0.1) is 0 Å². The highest BCUT2D eigenvalue weighted by molar-refractivity contribution is 7.81. The lowest BCUT2D eigenvalue weighted by molar-refractivity contribution is 1.48. The zero-order valence-electron chi connectivity index (χ0n) is 4.70. The van der Waals surface area contributed by atoms with Crippen LogP contribution >= 0.6 is 25.4 Å². The van der Waals surface area contributed by atoms with Gasteiger partial charge >= 0.3 is 0 Å².